The van der Waals surface area contributed by atoms with Crippen molar-refractivity contribution >= 4 is 15.9 Å². The van der Waals surface area contributed by atoms with E-state index >= 15 is 0 Å². The molecular weight excluding hydrogens is 234 g/mol. The fourth-order valence-electron chi connectivity index (χ4n) is 1.13. The summed E-state index contributed by atoms with van der Waals surface area (Å²) in [4.78, 5) is 3.96. The van der Waals surface area contributed by atoms with Crippen LogP contribution >= 0.6 is 15.9 Å². The topological polar surface area (TPSA) is 53.4 Å². The Morgan fingerprint density at radius 1 is 1.54 bits per heavy atom. The van der Waals surface area contributed by atoms with Crippen LogP contribution < -0.4 is 0 Å². The van der Waals surface area contributed by atoms with Gasteiger partial charge in [0.05, 0.1) is 6.10 Å². The second-order valence-electron chi connectivity index (χ2n) is 2.86. The standard InChI is InChI=1S/C9H12BrNO2/c1-6-7(9(13)2-3-12)4-11-5-8(6)10/h4-5,9,12-13H,2-3H2,1H3. The van der Waals surface area contributed by atoms with Crippen LogP contribution in [-0.2, 0) is 0 Å². The van der Waals surface area contributed by atoms with Gasteiger partial charge < -0.3 is 10.2 Å². The number of hydrogen-bond acceptors (Lipinski definition) is 3. The third-order valence-electron chi connectivity index (χ3n) is 1.95. The summed E-state index contributed by atoms with van der Waals surface area (Å²) < 4.78 is 0.877. The van der Waals surface area contributed by atoms with Crippen LogP contribution in [-0.4, -0.2) is 21.8 Å². The van der Waals surface area contributed by atoms with Crippen LogP contribution in [0.1, 0.15) is 23.7 Å². The highest BCUT2D eigenvalue weighted by Gasteiger charge is 2.11. The molecule has 1 aromatic rings. The maximum atomic E-state index is 9.60. The minimum Gasteiger partial charge on any atom is -0.396 e. The second kappa shape index (κ2) is 4.69. The molecule has 1 aromatic heterocycles. The highest BCUT2D eigenvalue weighted by molar-refractivity contribution is 9.10. The van der Waals surface area contributed by atoms with Crippen LogP contribution in [0.2, 0.25) is 0 Å². The zero-order valence-corrected chi connectivity index (χ0v) is 8.95. The highest BCUT2D eigenvalue weighted by Crippen LogP contribution is 2.24. The third-order valence-corrected chi connectivity index (χ3v) is 2.75. The summed E-state index contributed by atoms with van der Waals surface area (Å²) in [7, 11) is 0. The molecule has 0 saturated carbocycles. The Hall–Kier alpha value is -0.450. The Labute approximate surface area is 85.6 Å². The normalized spacial score (nSPS) is 12.9. The number of nitrogens with zero attached hydrogens (tertiary/aromatic N) is 1. The van der Waals surface area contributed by atoms with Crippen molar-refractivity contribution in [3.8, 4) is 0 Å². The van der Waals surface area contributed by atoms with E-state index in [1.807, 2.05) is 6.92 Å². The Kier molecular flexibility index (Phi) is 3.84. The molecule has 0 amide bonds. The Morgan fingerprint density at radius 2 is 2.23 bits per heavy atom. The second-order valence-corrected chi connectivity index (χ2v) is 3.72. The van der Waals surface area contributed by atoms with Gasteiger partial charge in [0, 0.05) is 35.5 Å². The fraction of sp³-hybridized carbons (Fsp3) is 0.444. The molecule has 0 spiro atoms. The van der Waals surface area contributed by atoms with E-state index in [1.165, 1.54) is 0 Å². The number of rotatable bonds is 3. The SMILES string of the molecule is Cc1c(Br)cncc1C(O)CCO. The van der Waals surface area contributed by atoms with Gasteiger partial charge in [-0.15, -0.1) is 0 Å². The number of halogens is 1. The monoisotopic (exact) mass is 245 g/mol. The Bertz CT molecular complexity index is 291. The number of hydrogen-bond donors (Lipinski definition) is 2. The van der Waals surface area contributed by atoms with Gasteiger partial charge >= 0.3 is 0 Å². The van der Waals surface area contributed by atoms with Crippen LogP contribution in [0.4, 0.5) is 0 Å². The highest BCUT2D eigenvalue weighted by atomic mass is 79.9. The largest absolute Gasteiger partial charge is 0.396 e. The molecule has 4 heteroatoms. The average molecular weight is 246 g/mol. The fourth-order valence-corrected chi connectivity index (χ4v) is 1.48. The maximum absolute atomic E-state index is 9.60. The lowest BCUT2D eigenvalue weighted by atomic mass is 10.0. The molecule has 0 fully saturated rings. The van der Waals surface area contributed by atoms with Gasteiger partial charge in [-0.25, -0.2) is 0 Å². The summed E-state index contributed by atoms with van der Waals surface area (Å²) in [6.45, 7) is 1.88. The lowest BCUT2D eigenvalue weighted by molar-refractivity contribution is 0.133. The van der Waals surface area contributed by atoms with Crippen molar-refractivity contribution < 1.29 is 10.2 Å². The lowest BCUT2D eigenvalue weighted by Crippen LogP contribution is -2.03. The van der Waals surface area contributed by atoms with Crippen LogP contribution in [0.3, 0.4) is 0 Å². The molecule has 1 rings (SSSR count). The first-order valence-electron chi connectivity index (χ1n) is 4.05. The molecule has 1 heterocycles. The van der Waals surface area contributed by atoms with Crippen LogP contribution in [0, 0.1) is 6.92 Å². The maximum Gasteiger partial charge on any atom is 0.0829 e. The first-order chi connectivity index (χ1) is 6.16. The summed E-state index contributed by atoms with van der Waals surface area (Å²) >= 11 is 3.33. The molecule has 0 aliphatic carbocycles. The Balaban J connectivity index is 2.93. The first kappa shape index (κ1) is 10.6. The smallest absolute Gasteiger partial charge is 0.0829 e. The van der Waals surface area contributed by atoms with Crippen molar-refractivity contribution in [2.24, 2.45) is 0 Å². The van der Waals surface area contributed by atoms with Gasteiger partial charge in [0.2, 0.25) is 0 Å². The minimum atomic E-state index is -0.630. The average Bonchev–Trinajstić information content (AvgIpc) is 2.10. The summed E-state index contributed by atoms with van der Waals surface area (Å²) in [6, 6.07) is 0. The van der Waals surface area contributed by atoms with Crippen LogP contribution in [0.15, 0.2) is 16.9 Å². The van der Waals surface area contributed by atoms with E-state index in [0.717, 1.165) is 15.6 Å². The van der Waals surface area contributed by atoms with Gasteiger partial charge in [-0.3, -0.25) is 4.98 Å². The van der Waals surface area contributed by atoms with Crippen molar-refractivity contribution in [3.63, 3.8) is 0 Å². The number of aliphatic hydroxyl groups excluding tert-OH is 2. The Morgan fingerprint density at radius 3 is 2.85 bits per heavy atom. The van der Waals surface area contributed by atoms with Gasteiger partial charge in [-0.1, -0.05) is 0 Å². The molecule has 2 N–H and O–H groups in total. The molecule has 1 unspecified atom stereocenters. The van der Waals surface area contributed by atoms with E-state index in [9.17, 15) is 5.11 Å². The van der Waals surface area contributed by atoms with Crippen molar-refractivity contribution in [3.05, 3.63) is 28.0 Å². The quantitative estimate of drug-likeness (QED) is 0.851. The van der Waals surface area contributed by atoms with E-state index in [4.69, 9.17) is 5.11 Å². The van der Waals surface area contributed by atoms with Crippen molar-refractivity contribution in [1.82, 2.24) is 4.98 Å². The van der Waals surface area contributed by atoms with Crippen molar-refractivity contribution in [2.45, 2.75) is 19.4 Å². The van der Waals surface area contributed by atoms with E-state index in [2.05, 4.69) is 20.9 Å². The molecule has 0 radical (unpaired) electrons. The lowest BCUT2D eigenvalue weighted by Gasteiger charge is -2.12. The molecule has 72 valence electrons. The predicted octanol–water partition coefficient (Wildman–Crippen LogP) is 1.57. The van der Waals surface area contributed by atoms with E-state index in [1.54, 1.807) is 12.4 Å². The summed E-state index contributed by atoms with van der Waals surface area (Å²) in [5.74, 6) is 0. The summed E-state index contributed by atoms with van der Waals surface area (Å²) in [6.07, 6.45) is 3.03. The molecule has 0 aromatic carbocycles. The van der Waals surface area contributed by atoms with Crippen LogP contribution in [0.25, 0.3) is 0 Å². The molecule has 13 heavy (non-hydrogen) atoms. The summed E-state index contributed by atoms with van der Waals surface area (Å²) in [5, 5.41) is 18.3. The molecular formula is C9H12BrNO2. The molecule has 0 aliphatic rings. The van der Waals surface area contributed by atoms with Gasteiger partial charge in [-0.05, 0) is 28.4 Å². The van der Waals surface area contributed by atoms with Crippen molar-refractivity contribution in [2.75, 3.05) is 6.61 Å². The minimum absolute atomic E-state index is 0.0207. The molecule has 0 aliphatic heterocycles. The van der Waals surface area contributed by atoms with Crippen LogP contribution in [0.5, 0.6) is 0 Å². The molecule has 0 saturated heterocycles. The van der Waals surface area contributed by atoms with Gasteiger partial charge in [0.1, 0.15) is 0 Å². The van der Waals surface area contributed by atoms with E-state index < -0.39 is 6.10 Å². The summed E-state index contributed by atoms with van der Waals surface area (Å²) in [5.41, 5.74) is 1.74. The number of pyridine rings is 1. The molecule has 0 bridgehead atoms. The van der Waals surface area contributed by atoms with Crippen molar-refractivity contribution in [1.29, 1.82) is 0 Å². The number of aliphatic hydroxyl groups is 2. The van der Waals surface area contributed by atoms with Gasteiger partial charge in [0.15, 0.2) is 0 Å². The predicted molar refractivity (Wildman–Crippen MR) is 53.3 cm³/mol. The molecule has 3 nitrogen and oxygen atoms in total. The van der Waals surface area contributed by atoms with E-state index in [-0.39, 0.29) is 6.61 Å². The zero-order chi connectivity index (χ0) is 9.84. The molecule has 1 atom stereocenters. The number of aromatic nitrogens is 1. The first-order valence-corrected chi connectivity index (χ1v) is 4.85. The third kappa shape index (κ3) is 2.49. The van der Waals surface area contributed by atoms with Gasteiger partial charge in [0.25, 0.3) is 0 Å². The van der Waals surface area contributed by atoms with E-state index in [0.29, 0.717) is 6.42 Å². The van der Waals surface area contributed by atoms with Gasteiger partial charge in [-0.2, -0.15) is 0 Å². The zero-order valence-electron chi connectivity index (χ0n) is 7.37.